The summed E-state index contributed by atoms with van der Waals surface area (Å²) in [7, 11) is 0. The summed E-state index contributed by atoms with van der Waals surface area (Å²) in [6.45, 7) is 2.04. The van der Waals surface area contributed by atoms with E-state index < -0.39 is 23.4 Å². The average Bonchev–Trinajstić information content (AvgIpc) is 2.24. The zero-order chi connectivity index (χ0) is 13.0. The molecule has 0 fully saturated rings. The Morgan fingerprint density at radius 1 is 1.35 bits per heavy atom. The summed E-state index contributed by atoms with van der Waals surface area (Å²) >= 11 is 5.66. The van der Waals surface area contributed by atoms with Gasteiger partial charge in [-0.2, -0.15) is 0 Å². The van der Waals surface area contributed by atoms with Gasteiger partial charge in [-0.1, -0.05) is 0 Å². The molecule has 0 radical (unpaired) electrons. The molecule has 1 rings (SSSR count). The predicted molar refractivity (Wildman–Crippen MR) is 58.6 cm³/mol. The number of rotatable bonds is 4. The minimum absolute atomic E-state index is 0.114. The zero-order valence-electron chi connectivity index (χ0n) is 9.07. The Morgan fingerprint density at radius 3 is 2.35 bits per heavy atom. The van der Waals surface area contributed by atoms with Crippen LogP contribution in [-0.4, -0.2) is 17.8 Å². The number of benzene rings is 1. The molecule has 0 saturated carbocycles. The van der Waals surface area contributed by atoms with Crippen molar-refractivity contribution >= 4 is 17.5 Å². The fourth-order valence-electron chi connectivity index (χ4n) is 1.17. The Balaban J connectivity index is 2.70. The molecule has 1 amide bonds. The molecule has 0 aliphatic heterocycles. The Hall–Kier alpha value is -1.23. The van der Waals surface area contributed by atoms with Gasteiger partial charge in [-0.05, 0) is 25.5 Å². The first-order valence-electron chi connectivity index (χ1n) is 4.98. The van der Waals surface area contributed by atoms with Crippen LogP contribution in [0.2, 0.25) is 0 Å². The first-order valence-corrected chi connectivity index (χ1v) is 5.42. The molecule has 1 N–H and O–H groups in total. The van der Waals surface area contributed by atoms with Crippen molar-refractivity contribution in [3.63, 3.8) is 0 Å². The Morgan fingerprint density at radius 2 is 1.88 bits per heavy atom. The van der Waals surface area contributed by atoms with Crippen LogP contribution in [0.1, 0.15) is 23.7 Å². The smallest absolute Gasteiger partial charge is 0.251 e. The third kappa shape index (κ3) is 3.93. The van der Waals surface area contributed by atoms with Crippen LogP contribution in [-0.2, 0) is 0 Å². The third-order valence-electron chi connectivity index (χ3n) is 2.07. The van der Waals surface area contributed by atoms with Crippen molar-refractivity contribution < 1.29 is 18.0 Å². The first-order chi connectivity index (χ1) is 7.91. The molecule has 0 spiro atoms. The minimum atomic E-state index is -1.59. The summed E-state index contributed by atoms with van der Waals surface area (Å²) in [5.41, 5.74) is -0.261. The molecule has 6 heteroatoms. The van der Waals surface area contributed by atoms with Crippen molar-refractivity contribution in [3.05, 3.63) is 35.1 Å². The lowest BCUT2D eigenvalue weighted by molar-refractivity contribution is 0.0952. The van der Waals surface area contributed by atoms with Gasteiger partial charge in [0, 0.05) is 17.5 Å². The van der Waals surface area contributed by atoms with E-state index in [2.05, 4.69) is 5.32 Å². The molecule has 94 valence electrons. The van der Waals surface area contributed by atoms with Crippen LogP contribution < -0.4 is 5.32 Å². The maximum Gasteiger partial charge on any atom is 0.251 e. The van der Waals surface area contributed by atoms with E-state index in [4.69, 9.17) is 11.6 Å². The van der Waals surface area contributed by atoms with Crippen molar-refractivity contribution in [2.24, 2.45) is 0 Å². The lowest BCUT2D eigenvalue weighted by Crippen LogP contribution is -2.26. The Labute approximate surface area is 102 Å². The summed E-state index contributed by atoms with van der Waals surface area (Å²) in [5, 5.41) is 2.31. The molecule has 1 aromatic rings. The van der Waals surface area contributed by atoms with Crippen molar-refractivity contribution in [2.45, 2.75) is 18.7 Å². The molecule has 0 aliphatic carbocycles. The van der Waals surface area contributed by atoms with Crippen molar-refractivity contribution in [3.8, 4) is 0 Å². The molecule has 0 bridgehead atoms. The SMILES string of the molecule is CC(Cl)CCNC(=O)c1cc(F)c(F)c(F)c1. The fraction of sp³-hybridized carbons (Fsp3) is 0.364. The molecule has 0 heterocycles. The number of alkyl halides is 1. The van der Waals surface area contributed by atoms with Gasteiger partial charge in [0.05, 0.1) is 0 Å². The van der Waals surface area contributed by atoms with Crippen molar-refractivity contribution in [1.82, 2.24) is 5.32 Å². The summed E-state index contributed by atoms with van der Waals surface area (Å²) in [6, 6.07) is 1.30. The highest BCUT2D eigenvalue weighted by atomic mass is 35.5. The number of hydrogen-bond donors (Lipinski definition) is 1. The van der Waals surface area contributed by atoms with Gasteiger partial charge in [0.2, 0.25) is 0 Å². The van der Waals surface area contributed by atoms with Crippen LogP contribution in [0.15, 0.2) is 12.1 Å². The highest BCUT2D eigenvalue weighted by Gasteiger charge is 2.14. The number of carbonyl (C=O) groups excluding carboxylic acids is 1. The molecule has 0 aliphatic rings. The number of nitrogens with one attached hydrogen (secondary N) is 1. The molecular weight excluding hydrogens is 255 g/mol. The Bertz CT molecular complexity index is 400. The maximum atomic E-state index is 12.8. The largest absolute Gasteiger partial charge is 0.352 e. The van der Waals surface area contributed by atoms with Crippen LogP contribution in [0.25, 0.3) is 0 Å². The van der Waals surface area contributed by atoms with Gasteiger partial charge < -0.3 is 5.32 Å². The van der Waals surface area contributed by atoms with Crippen molar-refractivity contribution in [1.29, 1.82) is 0 Å². The first kappa shape index (κ1) is 13.8. The molecule has 1 atom stereocenters. The van der Waals surface area contributed by atoms with Gasteiger partial charge in [-0.3, -0.25) is 4.79 Å². The number of amides is 1. The monoisotopic (exact) mass is 265 g/mol. The fourth-order valence-corrected chi connectivity index (χ4v) is 1.28. The maximum absolute atomic E-state index is 12.8. The quantitative estimate of drug-likeness (QED) is 0.658. The van der Waals surface area contributed by atoms with Crippen LogP contribution >= 0.6 is 11.6 Å². The lowest BCUT2D eigenvalue weighted by Gasteiger charge is -2.06. The van der Waals surface area contributed by atoms with E-state index in [-0.39, 0.29) is 17.5 Å². The van der Waals surface area contributed by atoms with Gasteiger partial charge in [-0.25, -0.2) is 13.2 Å². The van der Waals surface area contributed by atoms with Crippen LogP contribution in [0, 0.1) is 17.5 Å². The number of halogens is 4. The lowest BCUT2D eigenvalue weighted by atomic mass is 10.2. The molecule has 1 aromatic carbocycles. The van der Waals surface area contributed by atoms with E-state index in [1.54, 1.807) is 6.92 Å². The van der Waals surface area contributed by atoms with E-state index in [9.17, 15) is 18.0 Å². The molecular formula is C11H11ClF3NO. The Kier molecular flexibility index (Phi) is 4.81. The number of hydrogen-bond acceptors (Lipinski definition) is 1. The average molecular weight is 266 g/mol. The van der Waals surface area contributed by atoms with Gasteiger partial charge >= 0.3 is 0 Å². The minimum Gasteiger partial charge on any atom is -0.352 e. The van der Waals surface area contributed by atoms with E-state index in [1.165, 1.54) is 0 Å². The topological polar surface area (TPSA) is 29.1 Å². The van der Waals surface area contributed by atoms with Gasteiger partial charge in [0.15, 0.2) is 17.5 Å². The molecule has 2 nitrogen and oxygen atoms in total. The van der Waals surface area contributed by atoms with Crippen molar-refractivity contribution in [2.75, 3.05) is 6.54 Å². The summed E-state index contributed by atoms with van der Waals surface area (Å²) < 4.78 is 38.3. The highest BCUT2D eigenvalue weighted by Crippen LogP contribution is 2.13. The van der Waals surface area contributed by atoms with Gasteiger partial charge in [0.25, 0.3) is 5.91 Å². The summed E-state index contributed by atoms with van der Waals surface area (Å²) in [5.74, 6) is -5.03. The summed E-state index contributed by atoms with van der Waals surface area (Å²) in [4.78, 5) is 11.4. The van der Waals surface area contributed by atoms with Crippen LogP contribution in [0.3, 0.4) is 0 Å². The van der Waals surface area contributed by atoms with E-state index in [0.717, 1.165) is 0 Å². The third-order valence-corrected chi connectivity index (χ3v) is 2.29. The zero-order valence-corrected chi connectivity index (χ0v) is 9.82. The van der Waals surface area contributed by atoms with Gasteiger partial charge in [0.1, 0.15) is 0 Å². The molecule has 0 aromatic heterocycles. The standard InChI is InChI=1S/C11H11ClF3NO/c1-6(12)2-3-16-11(17)7-4-8(13)10(15)9(14)5-7/h4-6H,2-3H2,1H3,(H,16,17). The van der Waals surface area contributed by atoms with E-state index >= 15 is 0 Å². The molecule has 1 unspecified atom stereocenters. The summed E-state index contributed by atoms with van der Waals surface area (Å²) in [6.07, 6.45) is 0.527. The van der Waals surface area contributed by atoms with E-state index in [0.29, 0.717) is 18.6 Å². The number of carbonyl (C=O) groups is 1. The molecule has 0 saturated heterocycles. The predicted octanol–water partition coefficient (Wildman–Crippen LogP) is 2.85. The second kappa shape index (κ2) is 5.91. The van der Waals surface area contributed by atoms with Gasteiger partial charge in [-0.15, -0.1) is 11.6 Å². The highest BCUT2D eigenvalue weighted by molar-refractivity contribution is 6.20. The second-order valence-corrected chi connectivity index (χ2v) is 4.32. The van der Waals surface area contributed by atoms with Crippen LogP contribution in [0.4, 0.5) is 13.2 Å². The second-order valence-electron chi connectivity index (χ2n) is 3.58. The normalized spacial score (nSPS) is 12.3. The molecule has 17 heavy (non-hydrogen) atoms. The van der Waals surface area contributed by atoms with Crippen LogP contribution in [0.5, 0.6) is 0 Å². The van der Waals surface area contributed by atoms with E-state index in [1.807, 2.05) is 0 Å².